The smallest absolute Gasteiger partial charge is 0.138 e. The average Bonchev–Trinajstić information content (AvgIpc) is 2.69. The molecule has 1 aromatic heterocycles. The van der Waals surface area contributed by atoms with Gasteiger partial charge in [-0.2, -0.15) is 0 Å². The van der Waals surface area contributed by atoms with Crippen molar-refractivity contribution < 1.29 is 4.52 Å². The Kier molecular flexibility index (Phi) is 4.79. The van der Waals surface area contributed by atoms with E-state index in [9.17, 15) is 0 Å². The second-order valence-corrected chi connectivity index (χ2v) is 7.87. The Labute approximate surface area is 129 Å². The summed E-state index contributed by atoms with van der Waals surface area (Å²) in [7, 11) is 0. The third-order valence-electron chi connectivity index (χ3n) is 4.82. The first kappa shape index (κ1) is 16.5. The Balaban J connectivity index is 2.18. The zero-order valence-electron chi connectivity index (χ0n) is 14.7. The van der Waals surface area contributed by atoms with Crippen molar-refractivity contribution in [3.05, 3.63) is 17.0 Å². The van der Waals surface area contributed by atoms with E-state index in [2.05, 4.69) is 50.0 Å². The zero-order chi connectivity index (χ0) is 15.8. The molecule has 2 atom stereocenters. The predicted octanol–water partition coefficient (Wildman–Crippen LogP) is 3.14. The summed E-state index contributed by atoms with van der Waals surface area (Å²) in [6, 6.07) is 1.09. The molecule has 2 rings (SSSR count). The van der Waals surface area contributed by atoms with E-state index in [1.54, 1.807) is 0 Å². The van der Waals surface area contributed by atoms with E-state index in [-0.39, 0.29) is 5.41 Å². The minimum absolute atomic E-state index is 0.277. The van der Waals surface area contributed by atoms with Gasteiger partial charge in [0.2, 0.25) is 0 Å². The van der Waals surface area contributed by atoms with Gasteiger partial charge in [-0.1, -0.05) is 39.8 Å². The molecular formula is C17H31N3O. The van der Waals surface area contributed by atoms with E-state index in [0.29, 0.717) is 18.0 Å². The fraction of sp³-hybridized carbons (Fsp3) is 0.824. The molecule has 1 fully saturated rings. The van der Waals surface area contributed by atoms with Gasteiger partial charge in [0.1, 0.15) is 5.76 Å². The first-order valence-corrected chi connectivity index (χ1v) is 8.09. The molecule has 4 heteroatoms. The molecule has 1 N–H and O–H groups in total. The van der Waals surface area contributed by atoms with Crippen molar-refractivity contribution in [2.75, 3.05) is 13.1 Å². The monoisotopic (exact) mass is 293 g/mol. The van der Waals surface area contributed by atoms with Crippen LogP contribution in [-0.4, -0.2) is 35.2 Å². The van der Waals surface area contributed by atoms with Crippen molar-refractivity contribution in [3.63, 3.8) is 0 Å². The van der Waals surface area contributed by atoms with E-state index in [4.69, 9.17) is 4.52 Å². The van der Waals surface area contributed by atoms with E-state index >= 15 is 0 Å². The van der Waals surface area contributed by atoms with E-state index < -0.39 is 0 Å². The van der Waals surface area contributed by atoms with E-state index in [1.807, 2.05) is 13.8 Å². The number of hydrogen-bond donors (Lipinski definition) is 1. The number of rotatable bonds is 3. The Morgan fingerprint density at radius 2 is 2.00 bits per heavy atom. The van der Waals surface area contributed by atoms with Gasteiger partial charge in [-0.05, 0) is 25.2 Å². The van der Waals surface area contributed by atoms with Crippen LogP contribution < -0.4 is 5.32 Å². The number of aromatic nitrogens is 1. The summed E-state index contributed by atoms with van der Waals surface area (Å²) >= 11 is 0. The highest BCUT2D eigenvalue weighted by molar-refractivity contribution is 5.21. The number of aryl methyl sites for hydroxylation is 2. The van der Waals surface area contributed by atoms with Crippen molar-refractivity contribution in [2.24, 2.45) is 11.3 Å². The highest BCUT2D eigenvalue weighted by Crippen LogP contribution is 2.27. The predicted molar refractivity (Wildman–Crippen MR) is 86.3 cm³/mol. The molecule has 1 aromatic rings. The normalized spacial score (nSPS) is 24.8. The second-order valence-electron chi connectivity index (χ2n) is 7.87. The number of nitrogens with one attached hydrogen (secondary N) is 1. The Morgan fingerprint density at radius 1 is 1.33 bits per heavy atom. The molecule has 1 saturated heterocycles. The molecule has 0 radical (unpaired) electrons. The van der Waals surface area contributed by atoms with Crippen molar-refractivity contribution in [1.82, 2.24) is 15.4 Å². The maximum atomic E-state index is 5.33. The van der Waals surface area contributed by atoms with Crippen LogP contribution in [0, 0.1) is 25.2 Å². The van der Waals surface area contributed by atoms with Crippen molar-refractivity contribution in [3.8, 4) is 0 Å². The summed E-state index contributed by atoms with van der Waals surface area (Å²) < 4.78 is 5.33. The molecule has 0 aliphatic carbocycles. The summed E-state index contributed by atoms with van der Waals surface area (Å²) in [6.07, 6.45) is 0. The molecule has 120 valence electrons. The fourth-order valence-corrected chi connectivity index (χ4v) is 3.18. The van der Waals surface area contributed by atoms with Gasteiger partial charge in [0.25, 0.3) is 0 Å². The number of nitrogens with zero attached hydrogens (tertiary/aromatic N) is 2. The van der Waals surface area contributed by atoms with Gasteiger partial charge in [-0.15, -0.1) is 0 Å². The van der Waals surface area contributed by atoms with Crippen LogP contribution in [0.5, 0.6) is 0 Å². The quantitative estimate of drug-likeness (QED) is 0.929. The van der Waals surface area contributed by atoms with Gasteiger partial charge in [0.05, 0.1) is 5.69 Å². The van der Waals surface area contributed by atoms with E-state index in [1.165, 1.54) is 5.56 Å². The summed E-state index contributed by atoms with van der Waals surface area (Å²) in [5.41, 5.74) is 2.56. The van der Waals surface area contributed by atoms with Crippen LogP contribution in [0.2, 0.25) is 0 Å². The molecular weight excluding hydrogens is 262 g/mol. The van der Waals surface area contributed by atoms with Crippen LogP contribution in [0.4, 0.5) is 0 Å². The van der Waals surface area contributed by atoms with Crippen LogP contribution in [0.3, 0.4) is 0 Å². The summed E-state index contributed by atoms with van der Waals surface area (Å²) in [5.74, 6) is 1.60. The minimum Gasteiger partial charge on any atom is -0.361 e. The van der Waals surface area contributed by atoms with Crippen LogP contribution >= 0.6 is 0 Å². The SMILES string of the molecule is Cc1noc(C)c1CN1CC(C(C)(C)C)NCC1C(C)C. The highest BCUT2D eigenvalue weighted by atomic mass is 16.5. The molecule has 0 saturated carbocycles. The molecule has 2 unspecified atom stereocenters. The first-order valence-electron chi connectivity index (χ1n) is 8.09. The van der Waals surface area contributed by atoms with Gasteiger partial charge in [-0.25, -0.2) is 0 Å². The molecule has 4 nitrogen and oxygen atoms in total. The molecule has 0 amide bonds. The Bertz CT molecular complexity index is 453. The van der Waals surface area contributed by atoms with Crippen molar-refractivity contribution in [2.45, 2.75) is 67.1 Å². The maximum absolute atomic E-state index is 5.33. The first-order chi connectivity index (χ1) is 9.70. The highest BCUT2D eigenvalue weighted by Gasteiger charge is 2.35. The molecule has 1 aliphatic heterocycles. The van der Waals surface area contributed by atoms with Crippen molar-refractivity contribution >= 4 is 0 Å². The summed E-state index contributed by atoms with van der Waals surface area (Å²) in [6.45, 7) is 18.7. The maximum Gasteiger partial charge on any atom is 0.138 e. The molecule has 0 bridgehead atoms. The third-order valence-corrected chi connectivity index (χ3v) is 4.82. The van der Waals surface area contributed by atoms with Crippen LogP contribution in [0.15, 0.2) is 4.52 Å². The second kappa shape index (κ2) is 6.09. The van der Waals surface area contributed by atoms with Gasteiger partial charge in [0, 0.05) is 37.3 Å². The summed E-state index contributed by atoms with van der Waals surface area (Å²) in [5, 5.41) is 7.85. The Hall–Kier alpha value is -0.870. The van der Waals surface area contributed by atoms with Crippen LogP contribution in [0.25, 0.3) is 0 Å². The number of hydrogen-bond acceptors (Lipinski definition) is 4. The Morgan fingerprint density at radius 3 is 2.48 bits per heavy atom. The lowest BCUT2D eigenvalue weighted by Crippen LogP contribution is -2.61. The lowest BCUT2D eigenvalue weighted by Gasteiger charge is -2.46. The molecule has 0 aromatic carbocycles. The lowest BCUT2D eigenvalue weighted by molar-refractivity contribution is 0.0568. The van der Waals surface area contributed by atoms with Gasteiger partial charge in [0.15, 0.2) is 0 Å². The molecule has 1 aliphatic rings. The van der Waals surface area contributed by atoms with Crippen LogP contribution in [-0.2, 0) is 6.54 Å². The topological polar surface area (TPSA) is 41.3 Å². The molecule has 21 heavy (non-hydrogen) atoms. The standard InChI is InChI=1S/C17H31N3O/c1-11(2)15-8-18-16(17(5,6)7)10-20(15)9-14-12(3)19-21-13(14)4/h11,15-16,18H,8-10H2,1-7H3. The number of piperazine rings is 1. The summed E-state index contributed by atoms with van der Waals surface area (Å²) in [4.78, 5) is 2.61. The lowest BCUT2D eigenvalue weighted by atomic mass is 9.83. The molecule has 0 spiro atoms. The third kappa shape index (κ3) is 3.67. The van der Waals surface area contributed by atoms with Crippen LogP contribution in [0.1, 0.15) is 51.6 Å². The average molecular weight is 293 g/mol. The largest absolute Gasteiger partial charge is 0.361 e. The molecule has 2 heterocycles. The van der Waals surface area contributed by atoms with E-state index in [0.717, 1.165) is 31.1 Å². The minimum atomic E-state index is 0.277. The van der Waals surface area contributed by atoms with Gasteiger partial charge in [-0.3, -0.25) is 4.90 Å². The van der Waals surface area contributed by atoms with Gasteiger partial charge >= 0.3 is 0 Å². The zero-order valence-corrected chi connectivity index (χ0v) is 14.7. The fourth-order valence-electron chi connectivity index (χ4n) is 3.18. The van der Waals surface area contributed by atoms with Gasteiger partial charge < -0.3 is 9.84 Å². The van der Waals surface area contributed by atoms with Crippen molar-refractivity contribution in [1.29, 1.82) is 0 Å².